The highest BCUT2D eigenvalue weighted by Crippen LogP contribution is 2.15. The normalized spacial score (nSPS) is 10.5. The molecule has 0 bridgehead atoms. The van der Waals surface area contributed by atoms with Crippen molar-refractivity contribution in [3.63, 3.8) is 0 Å². The molecule has 0 aliphatic rings. The number of amides is 1. The molecule has 2 N–H and O–H groups in total. The fraction of sp³-hybridized carbons (Fsp3) is 0.533. The third-order valence-electron chi connectivity index (χ3n) is 2.98. The van der Waals surface area contributed by atoms with Crippen LogP contribution in [0.15, 0.2) is 12.1 Å². The summed E-state index contributed by atoms with van der Waals surface area (Å²) in [6, 6.07) is 4.09. The van der Waals surface area contributed by atoms with E-state index in [0.717, 1.165) is 17.8 Å². The van der Waals surface area contributed by atoms with Crippen LogP contribution in [0.2, 0.25) is 0 Å². The predicted molar refractivity (Wildman–Crippen MR) is 83.0 cm³/mol. The summed E-state index contributed by atoms with van der Waals surface area (Å²) in [5, 5.41) is 11.5. The van der Waals surface area contributed by atoms with Gasteiger partial charge in [0.05, 0.1) is 9.75 Å². The molecule has 1 aromatic rings. The molecule has 0 fully saturated rings. The number of hydrogen-bond acceptors (Lipinski definition) is 4. The van der Waals surface area contributed by atoms with Crippen LogP contribution in [0.5, 0.6) is 0 Å². The third-order valence-corrected chi connectivity index (χ3v) is 3.97. The van der Waals surface area contributed by atoms with Crippen molar-refractivity contribution in [1.29, 1.82) is 0 Å². The molecule has 1 heterocycles. The number of thiophene rings is 1. The summed E-state index contributed by atoms with van der Waals surface area (Å²) in [6.45, 7) is 5.78. The van der Waals surface area contributed by atoms with Gasteiger partial charge in [-0.2, -0.15) is 0 Å². The van der Waals surface area contributed by atoms with Crippen molar-refractivity contribution in [1.82, 2.24) is 10.2 Å². The Kier molecular flexibility index (Phi) is 7.31. The van der Waals surface area contributed by atoms with E-state index in [-0.39, 0.29) is 12.5 Å². The van der Waals surface area contributed by atoms with Crippen molar-refractivity contribution < 1.29 is 9.90 Å². The van der Waals surface area contributed by atoms with Crippen LogP contribution in [0, 0.1) is 11.8 Å². The van der Waals surface area contributed by atoms with Crippen LogP contribution in [-0.2, 0) is 0 Å². The quantitative estimate of drug-likeness (QED) is 0.618. The standard InChI is InChI=1S/C15H22N2O2S/c1-12(2)17(3)10-5-9-16-15(19)14-8-7-13(20-14)6-4-11-18/h7-8,12,18H,5,9-11H2,1-3H3,(H,16,19). The first-order valence-electron chi connectivity index (χ1n) is 6.72. The minimum absolute atomic E-state index is 0.0563. The van der Waals surface area contributed by atoms with Crippen LogP contribution in [0.4, 0.5) is 0 Å². The molecule has 0 spiro atoms. The van der Waals surface area contributed by atoms with Gasteiger partial charge in [-0.3, -0.25) is 4.79 Å². The molecule has 0 saturated heterocycles. The first kappa shape index (κ1) is 16.7. The lowest BCUT2D eigenvalue weighted by Crippen LogP contribution is -2.31. The van der Waals surface area contributed by atoms with Crippen molar-refractivity contribution in [3.8, 4) is 11.8 Å². The molecule has 1 aromatic heterocycles. The summed E-state index contributed by atoms with van der Waals surface area (Å²) in [4.78, 5) is 15.6. The topological polar surface area (TPSA) is 52.6 Å². The van der Waals surface area contributed by atoms with Gasteiger partial charge in [-0.25, -0.2) is 0 Å². The maximum absolute atomic E-state index is 11.9. The number of carbonyl (C=O) groups excluding carboxylic acids is 1. The van der Waals surface area contributed by atoms with E-state index in [4.69, 9.17) is 5.11 Å². The third kappa shape index (κ3) is 5.74. The summed E-state index contributed by atoms with van der Waals surface area (Å²) in [5.41, 5.74) is 0. The molecule has 5 heteroatoms. The maximum Gasteiger partial charge on any atom is 0.261 e. The number of aliphatic hydroxyl groups is 1. The molecule has 0 unspecified atom stereocenters. The van der Waals surface area contributed by atoms with Gasteiger partial charge in [0.2, 0.25) is 0 Å². The lowest BCUT2D eigenvalue weighted by Gasteiger charge is -2.20. The van der Waals surface area contributed by atoms with E-state index < -0.39 is 0 Å². The second kappa shape index (κ2) is 8.75. The van der Waals surface area contributed by atoms with Crippen LogP contribution >= 0.6 is 11.3 Å². The van der Waals surface area contributed by atoms with Gasteiger partial charge in [-0.1, -0.05) is 11.8 Å². The zero-order valence-electron chi connectivity index (χ0n) is 12.3. The summed E-state index contributed by atoms with van der Waals surface area (Å²) in [5.74, 6) is 5.31. The van der Waals surface area contributed by atoms with Crippen LogP contribution in [0.3, 0.4) is 0 Å². The number of nitrogens with zero attached hydrogens (tertiary/aromatic N) is 1. The summed E-state index contributed by atoms with van der Waals surface area (Å²) >= 11 is 1.34. The van der Waals surface area contributed by atoms with Gasteiger partial charge in [0.15, 0.2) is 0 Å². The van der Waals surface area contributed by atoms with E-state index in [9.17, 15) is 4.79 Å². The Morgan fingerprint density at radius 1 is 1.50 bits per heavy atom. The first-order chi connectivity index (χ1) is 9.54. The zero-order valence-corrected chi connectivity index (χ0v) is 13.1. The molecule has 0 aliphatic heterocycles. The Balaban J connectivity index is 2.34. The van der Waals surface area contributed by atoms with E-state index in [1.54, 1.807) is 12.1 Å². The van der Waals surface area contributed by atoms with Crippen molar-refractivity contribution in [2.75, 3.05) is 26.7 Å². The second-order valence-electron chi connectivity index (χ2n) is 4.81. The average Bonchev–Trinajstić information content (AvgIpc) is 2.89. The van der Waals surface area contributed by atoms with Gasteiger partial charge in [-0.15, -0.1) is 11.3 Å². The predicted octanol–water partition coefficient (Wildman–Crippen LogP) is 1.55. The molecule has 0 aromatic carbocycles. The largest absolute Gasteiger partial charge is 0.384 e. The Morgan fingerprint density at radius 2 is 2.25 bits per heavy atom. The molecule has 0 atom stereocenters. The smallest absolute Gasteiger partial charge is 0.261 e. The summed E-state index contributed by atoms with van der Waals surface area (Å²) in [7, 11) is 2.08. The van der Waals surface area contributed by atoms with Crippen molar-refractivity contribution >= 4 is 17.2 Å². The van der Waals surface area contributed by atoms with E-state index in [2.05, 4.69) is 43.0 Å². The molecule has 4 nitrogen and oxygen atoms in total. The highest BCUT2D eigenvalue weighted by atomic mass is 32.1. The Labute approximate surface area is 124 Å². The highest BCUT2D eigenvalue weighted by molar-refractivity contribution is 7.14. The Bertz CT molecular complexity index is 486. The zero-order chi connectivity index (χ0) is 15.0. The van der Waals surface area contributed by atoms with Gasteiger partial charge in [-0.05, 0) is 46.0 Å². The molecule has 1 amide bonds. The summed E-state index contributed by atoms with van der Waals surface area (Å²) in [6.07, 6.45) is 0.934. The minimum Gasteiger partial charge on any atom is -0.384 e. The summed E-state index contributed by atoms with van der Waals surface area (Å²) < 4.78 is 0. The molecule has 1 rings (SSSR count). The fourth-order valence-electron chi connectivity index (χ4n) is 1.53. The van der Waals surface area contributed by atoms with Crippen LogP contribution in [0.25, 0.3) is 0 Å². The molecule has 0 aliphatic carbocycles. The minimum atomic E-state index is -0.164. The Hall–Kier alpha value is -1.35. The van der Waals surface area contributed by atoms with E-state index in [0.29, 0.717) is 17.5 Å². The number of aliphatic hydroxyl groups excluding tert-OH is 1. The van der Waals surface area contributed by atoms with Crippen molar-refractivity contribution in [2.24, 2.45) is 0 Å². The highest BCUT2D eigenvalue weighted by Gasteiger charge is 2.08. The van der Waals surface area contributed by atoms with E-state index >= 15 is 0 Å². The monoisotopic (exact) mass is 294 g/mol. The number of hydrogen-bond donors (Lipinski definition) is 2. The lowest BCUT2D eigenvalue weighted by atomic mass is 10.3. The van der Waals surface area contributed by atoms with Crippen LogP contribution < -0.4 is 5.32 Å². The van der Waals surface area contributed by atoms with Crippen LogP contribution in [-0.4, -0.2) is 48.7 Å². The van der Waals surface area contributed by atoms with Crippen molar-refractivity contribution in [3.05, 3.63) is 21.9 Å². The molecule has 20 heavy (non-hydrogen) atoms. The SMILES string of the molecule is CC(C)N(C)CCCNC(=O)c1ccc(C#CCO)s1. The molecule has 110 valence electrons. The average molecular weight is 294 g/mol. The second-order valence-corrected chi connectivity index (χ2v) is 5.89. The van der Waals surface area contributed by atoms with Gasteiger partial charge in [0.25, 0.3) is 5.91 Å². The molecular formula is C15H22N2O2S. The van der Waals surface area contributed by atoms with E-state index in [1.165, 1.54) is 11.3 Å². The number of carbonyl (C=O) groups is 1. The van der Waals surface area contributed by atoms with Gasteiger partial charge >= 0.3 is 0 Å². The van der Waals surface area contributed by atoms with Gasteiger partial charge in [0.1, 0.15) is 6.61 Å². The van der Waals surface area contributed by atoms with Crippen molar-refractivity contribution in [2.45, 2.75) is 26.3 Å². The fourth-order valence-corrected chi connectivity index (χ4v) is 2.33. The Morgan fingerprint density at radius 3 is 2.90 bits per heavy atom. The van der Waals surface area contributed by atoms with Gasteiger partial charge in [0, 0.05) is 12.6 Å². The molecule has 0 saturated carbocycles. The maximum atomic E-state index is 11.9. The number of rotatable bonds is 6. The lowest BCUT2D eigenvalue weighted by molar-refractivity contribution is 0.0955. The van der Waals surface area contributed by atoms with E-state index in [1.807, 2.05) is 0 Å². The molecule has 0 radical (unpaired) electrons. The number of nitrogens with one attached hydrogen (secondary N) is 1. The van der Waals surface area contributed by atoms with Gasteiger partial charge < -0.3 is 15.3 Å². The first-order valence-corrected chi connectivity index (χ1v) is 7.54. The van der Waals surface area contributed by atoms with Crippen LogP contribution in [0.1, 0.15) is 34.8 Å². The molecular weight excluding hydrogens is 272 g/mol.